The molecular formula is C29H36N2O. The molecule has 0 unspecified atom stereocenters. The number of benzene rings is 2. The summed E-state index contributed by atoms with van der Waals surface area (Å²) in [6.45, 7) is 6.05. The molecule has 0 spiro atoms. The maximum Gasteiger partial charge on any atom is 0.223 e. The molecule has 1 saturated heterocycles. The molecule has 1 aliphatic heterocycles. The van der Waals surface area contributed by atoms with Crippen molar-refractivity contribution in [2.75, 3.05) is 31.1 Å². The third-order valence-electron chi connectivity index (χ3n) is 9.80. The van der Waals surface area contributed by atoms with Gasteiger partial charge in [0.1, 0.15) is 0 Å². The molecule has 1 heterocycles. The first-order chi connectivity index (χ1) is 15.6. The molecule has 0 atom stereocenters. The standard InChI is InChI=1S/C29H36N2O/c1-21-22-16-25-18-23(21)19-26(17-22)29(25,24-8-4-2-5-9-24)20-28(32)31-14-12-30(13-15-31)27-10-6-3-7-11-27/h2-11,21-23,25-26H,12-20H2,1H3. The first-order valence-electron chi connectivity index (χ1n) is 12.8. The van der Waals surface area contributed by atoms with Crippen molar-refractivity contribution in [3.8, 4) is 0 Å². The average molecular weight is 429 g/mol. The Balaban J connectivity index is 1.23. The molecule has 4 saturated carbocycles. The van der Waals surface area contributed by atoms with Gasteiger partial charge in [0, 0.05) is 43.7 Å². The molecule has 2 aromatic rings. The number of carbonyl (C=O) groups is 1. The summed E-state index contributed by atoms with van der Waals surface area (Å²) >= 11 is 0. The van der Waals surface area contributed by atoms with Crippen molar-refractivity contribution >= 4 is 11.6 Å². The highest BCUT2D eigenvalue weighted by molar-refractivity contribution is 5.78. The van der Waals surface area contributed by atoms with Crippen LogP contribution in [-0.2, 0) is 10.2 Å². The molecule has 0 aromatic heterocycles. The third kappa shape index (κ3) is 3.19. The second kappa shape index (κ2) is 7.93. The number of rotatable bonds is 4. The van der Waals surface area contributed by atoms with Gasteiger partial charge in [-0.05, 0) is 73.0 Å². The van der Waals surface area contributed by atoms with Crippen molar-refractivity contribution in [3.63, 3.8) is 0 Å². The van der Waals surface area contributed by atoms with E-state index in [4.69, 9.17) is 0 Å². The zero-order chi connectivity index (χ0) is 21.7. The molecule has 3 heteroatoms. The highest BCUT2D eigenvalue weighted by Crippen LogP contribution is 2.65. The fourth-order valence-corrected chi connectivity index (χ4v) is 8.09. The predicted molar refractivity (Wildman–Crippen MR) is 130 cm³/mol. The summed E-state index contributed by atoms with van der Waals surface area (Å²) in [5, 5.41) is 0. The smallest absolute Gasteiger partial charge is 0.223 e. The van der Waals surface area contributed by atoms with Gasteiger partial charge in [-0.25, -0.2) is 0 Å². The number of hydrogen-bond acceptors (Lipinski definition) is 2. The van der Waals surface area contributed by atoms with Crippen molar-refractivity contribution in [2.45, 2.75) is 44.4 Å². The highest BCUT2D eigenvalue weighted by atomic mass is 16.2. The van der Waals surface area contributed by atoms with E-state index in [9.17, 15) is 4.79 Å². The molecule has 3 nitrogen and oxygen atoms in total. The van der Waals surface area contributed by atoms with Crippen LogP contribution in [0.15, 0.2) is 60.7 Å². The lowest BCUT2D eigenvalue weighted by Gasteiger charge is -2.64. The maximum absolute atomic E-state index is 13.8. The van der Waals surface area contributed by atoms with Crippen LogP contribution in [0.3, 0.4) is 0 Å². The second-order valence-electron chi connectivity index (χ2n) is 11.0. The number of carbonyl (C=O) groups excluding carboxylic acids is 1. The van der Waals surface area contributed by atoms with Gasteiger partial charge in [0.25, 0.3) is 0 Å². The highest BCUT2D eigenvalue weighted by Gasteiger charge is 2.60. The van der Waals surface area contributed by atoms with Gasteiger partial charge in [0.05, 0.1) is 0 Å². The molecule has 32 heavy (non-hydrogen) atoms. The van der Waals surface area contributed by atoms with E-state index in [1.807, 2.05) is 0 Å². The quantitative estimate of drug-likeness (QED) is 0.654. The number of piperazine rings is 1. The Morgan fingerprint density at radius 1 is 0.812 bits per heavy atom. The molecule has 168 valence electrons. The van der Waals surface area contributed by atoms with Crippen LogP contribution in [0.5, 0.6) is 0 Å². The van der Waals surface area contributed by atoms with Crippen LogP contribution < -0.4 is 4.90 Å². The molecule has 2 aromatic carbocycles. The molecule has 0 N–H and O–H groups in total. The molecule has 5 aliphatic rings. The first kappa shape index (κ1) is 20.3. The van der Waals surface area contributed by atoms with E-state index >= 15 is 0 Å². The SMILES string of the molecule is CC1C2CC3CC1CC(C2)C3(CC(=O)N1CCN(c2ccccc2)CC1)c1ccccc1. The predicted octanol–water partition coefficient (Wildman–Crippen LogP) is 5.37. The molecule has 0 radical (unpaired) electrons. The number of para-hydroxylation sites is 1. The zero-order valence-electron chi connectivity index (χ0n) is 19.3. The van der Waals surface area contributed by atoms with Gasteiger partial charge in [0.2, 0.25) is 5.91 Å². The fraction of sp³-hybridized carbons (Fsp3) is 0.552. The van der Waals surface area contributed by atoms with Gasteiger partial charge >= 0.3 is 0 Å². The van der Waals surface area contributed by atoms with E-state index < -0.39 is 0 Å². The van der Waals surface area contributed by atoms with Gasteiger partial charge in [-0.2, -0.15) is 0 Å². The Morgan fingerprint density at radius 2 is 1.34 bits per heavy atom. The van der Waals surface area contributed by atoms with Crippen molar-refractivity contribution in [1.82, 2.24) is 4.90 Å². The summed E-state index contributed by atoms with van der Waals surface area (Å²) in [7, 11) is 0. The number of anilines is 1. The Hall–Kier alpha value is -2.29. The third-order valence-corrected chi connectivity index (χ3v) is 9.80. The lowest BCUT2D eigenvalue weighted by Crippen LogP contribution is -2.60. The maximum atomic E-state index is 13.8. The van der Waals surface area contributed by atoms with Gasteiger partial charge in [0.15, 0.2) is 0 Å². The van der Waals surface area contributed by atoms with Crippen molar-refractivity contribution in [3.05, 3.63) is 66.2 Å². The molecule has 1 amide bonds. The van der Waals surface area contributed by atoms with E-state index in [-0.39, 0.29) is 5.41 Å². The largest absolute Gasteiger partial charge is 0.368 e. The van der Waals surface area contributed by atoms with Gasteiger partial charge in [-0.15, -0.1) is 0 Å². The number of amides is 1. The molecule has 7 rings (SSSR count). The van der Waals surface area contributed by atoms with Gasteiger partial charge in [-0.3, -0.25) is 4.79 Å². The summed E-state index contributed by atoms with van der Waals surface area (Å²) in [5.41, 5.74) is 2.77. The van der Waals surface area contributed by atoms with Crippen LogP contribution >= 0.6 is 0 Å². The number of nitrogens with zero attached hydrogens (tertiary/aromatic N) is 2. The van der Waals surface area contributed by atoms with Crippen molar-refractivity contribution < 1.29 is 4.79 Å². The van der Waals surface area contributed by atoms with Gasteiger partial charge in [-0.1, -0.05) is 55.5 Å². The number of hydrogen-bond donors (Lipinski definition) is 0. The summed E-state index contributed by atoms with van der Waals surface area (Å²) in [5.74, 6) is 4.41. The first-order valence-corrected chi connectivity index (χ1v) is 12.8. The molecule has 4 bridgehead atoms. The van der Waals surface area contributed by atoms with Crippen LogP contribution in [0.4, 0.5) is 5.69 Å². The second-order valence-corrected chi connectivity index (χ2v) is 11.0. The van der Waals surface area contributed by atoms with Crippen LogP contribution in [0.2, 0.25) is 0 Å². The lowest BCUT2D eigenvalue weighted by atomic mass is 9.41. The Bertz CT molecular complexity index is 918. The fourth-order valence-electron chi connectivity index (χ4n) is 8.09. The monoisotopic (exact) mass is 428 g/mol. The van der Waals surface area contributed by atoms with E-state index in [1.54, 1.807) is 0 Å². The van der Waals surface area contributed by atoms with Crippen molar-refractivity contribution in [1.29, 1.82) is 0 Å². The van der Waals surface area contributed by atoms with Crippen LogP contribution in [0, 0.1) is 29.6 Å². The van der Waals surface area contributed by atoms with Crippen LogP contribution in [0.1, 0.15) is 44.6 Å². The molecule has 5 fully saturated rings. The van der Waals surface area contributed by atoms with Gasteiger partial charge < -0.3 is 9.80 Å². The summed E-state index contributed by atoms with van der Waals surface area (Å²) in [4.78, 5) is 18.4. The summed E-state index contributed by atoms with van der Waals surface area (Å²) in [6, 6.07) is 21.8. The van der Waals surface area contributed by atoms with E-state index in [2.05, 4.69) is 77.4 Å². The average Bonchev–Trinajstić information content (AvgIpc) is 2.84. The topological polar surface area (TPSA) is 23.6 Å². The van der Waals surface area contributed by atoms with E-state index in [1.165, 1.54) is 36.9 Å². The minimum Gasteiger partial charge on any atom is -0.368 e. The minimum atomic E-state index is 0.0576. The van der Waals surface area contributed by atoms with Crippen LogP contribution in [0.25, 0.3) is 0 Å². The molecule has 4 aliphatic carbocycles. The van der Waals surface area contributed by atoms with E-state index in [0.29, 0.717) is 24.2 Å². The Kier molecular flexibility index (Phi) is 5.04. The summed E-state index contributed by atoms with van der Waals surface area (Å²) in [6.07, 6.45) is 6.04. The normalized spacial score (nSPS) is 35.8. The lowest BCUT2D eigenvalue weighted by molar-refractivity contribution is -0.142. The molecular weight excluding hydrogens is 392 g/mol. The Labute approximate surface area is 192 Å². The summed E-state index contributed by atoms with van der Waals surface area (Å²) < 4.78 is 0. The zero-order valence-corrected chi connectivity index (χ0v) is 19.3. The minimum absolute atomic E-state index is 0.0576. The van der Waals surface area contributed by atoms with Crippen LogP contribution in [-0.4, -0.2) is 37.0 Å². The van der Waals surface area contributed by atoms with E-state index in [0.717, 1.165) is 43.9 Å². The Morgan fingerprint density at radius 3 is 1.91 bits per heavy atom. The van der Waals surface area contributed by atoms with Crippen molar-refractivity contribution in [2.24, 2.45) is 29.6 Å².